The maximum Gasteiger partial charge on any atom is 0.151 e. The number of nitrogens with zero attached hydrogens (tertiary/aromatic N) is 1. The lowest BCUT2D eigenvalue weighted by atomic mass is 10.1. The van der Waals surface area contributed by atoms with E-state index in [-0.39, 0.29) is 20.8 Å². The standard InChI is InChI=1S/C11H4Cl4FN/c12-5-1-7(14)10(8(15)2-5)11-9(16)3-6(13)4-17-11/h1-4H. The van der Waals surface area contributed by atoms with Crippen LogP contribution >= 0.6 is 46.4 Å². The van der Waals surface area contributed by atoms with Crippen LogP contribution in [-0.2, 0) is 0 Å². The summed E-state index contributed by atoms with van der Waals surface area (Å²) in [6.07, 6.45) is 1.32. The highest BCUT2D eigenvalue weighted by molar-refractivity contribution is 6.41. The minimum absolute atomic E-state index is 0.0427. The van der Waals surface area contributed by atoms with Gasteiger partial charge in [0.15, 0.2) is 5.82 Å². The fourth-order valence-electron chi connectivity index (χ4n) is 1.37. The molecule has 0 atom stereocenters. The van der Waals surface area contributed by atoms with Crippen LogP contribution in [0.15, 0.2) is 24.4 Å². The van der Waals surface area contributed by atoms with E-state index < -0.39 is 5.82 Å². The molecule has 2 rings (SSSR count). The summed E-state index contributed by atoms with van der Waals surface area (Å²) in [6, 6.07) is 4.09. The summed E-state index contributed by atoms with van der Waals surface area (Å²) < 4.78 is 13.7. The van der Waals surface area contributed by atoms with Crippen molar-refractivity contribution in [3.8, 4) is 11.3 Å². The van der Waals surface area contributed by atoms with Gasteiger partial charge in [0.2, 0.25) is 0 Å². The van der Waals surface area contributed by atoms with Crippen LogP contribution < -0.4 is 0 Å². The molecular formula is C11H4Cl4FN. The molecule has 1 heterocycles. The fraction of sp³-hybridized carbons (Fsp3) is 0. The van der Waals surface area contributed by atoms with Crippen LogP contribution in [0.5, 0.6) is 0 Å². The van der Waals surface area contributed by atoms with Gasteiger partial charge in [-0.05, 0) is 18.2 Å². The molecule has 17 heavy (non-hydrogen) atoms. The Morgan fingerprint density at radius 2 is 1.47 bits per heavy atom. The lowest BCUT2D eigenvalue weighted by Crippen LogP contribution is -1.91. The first kappa shape index (κ1) is 12.9. The van der Waals surface area contributed by atoms with Crippen molar-refractivity contribution in [1.29, 1.82) is 0 Å². The number of benzene rings is 1. The molecule has 0 aliphatic heterocycles. The second-order valence-electron chi connectivity index (χ2n) is 3.23. The van der Waals surface area contributed by atoms with Gasteiger partial charge in [-0.25, -0.2) is 4.39 Å². The van der Waals surface area contributed by atoms with E-state index in [2.05, 4.69) is 4.98 Å². The molecular weight excluding hydrogens is 307 g/mol. The molecule has 0 saturated heterocycles. The lowest BCUT2D eigenvalue weighted by molar-refractivity contribution is 0.626. The highest BCUT2D eigenvalue weighted by atomic mass is 35.5. The first-order valence-corrected chi connectivity index (χ1v) is 5.96. The van der Waals surface area contributed by atoms with E-state index >= 15 is 0 Å². The van der Waals surface area contributed by atoms with Crippen molar-refractivity contribution >= 4 is 46.4 Å². The molecule has 0 unspecified atom stereocenters. The van der Waals surface area contributed by atoms with Crippen molar-refractivity contribution in [3.05, 3.63) is 50.3 Å². The predicted molar refractivity (Wildman–Crippen MR) is 69.7 cm³/mol. The van der Waals surface area contributed by atoms with Gasteiger partial charge >= 0.3 is 0 Å². The topological polar surface area (TPSA) is 12.9 Å². The average molecular weight is 311 g/mol. The Morgan fingerprint density at radius 1 is 0.882 bits per heavy atom. The van der Waals surface area contributed by atoms with Gasteiger partial charge in [0, 0.05) is 16.8 Å². The third-order valence-electron chi connectivity index (χ3n) is 2.05. The van der Waals surface area contributed by atoms with E-state index in [4.69, 9.17) is 46.4 Å². The maximum absolute atomic E-state index is 13.7. The van der Waals surface area contributed by atoms with Crippen LogP contribution in [0, 0.1) is 5.82 Å². The van der Waals surface area contributed by atoms with Crippen molar-refractivity contribution < 1.29 is 4.39 Å². The molecule has 1 aromatic carbocycles. The van der Waals surface area contributed by atoms with Gasteiger partial charge in [0.05, 0.1) is 15.1 Å². The van der Waals surface area contributed by atoms with Crippen LogP contribution in [0.25, 0.3) is 11.3 Å². The van der Waals surface area contributed by atoms with E-state index in [1.807, 2.05) is 0 Å². The lowest BCUT2D eigenvalue weighted by Gasteiger charge is -2.08. The summed E-state index contributed by atoms with van der Waals surface area (Å²) >= 11 is 23.3. The second kappa shape index (κ2) is 4.99. The van der Waals surface area contributed by atoms with Crippen LogP contribution in [0.1, 0.15) is 0 Å². The summed E-state index contributed by atoms with van der Waals surface area (Å²) in [4.78, 5) is 3.88. The Hall–Kier alpha value is -0.540. The zero-order valence-electron chi connectivity index (χ0n) is 8.15. The van der Waals surface area contributed by atoms with Crippen LogP contribution in [0.4, 0.5) is 4.39 Å². The van der Waals surface area contributed by atoms with E-state index in [0.29, 0.717) is 10.6 Å². The van der Waals surface area contributed by atoms with Crippen molar-refractivity contribution in [2.24, 2.45) is 0 Å². The second-order valence-corrected chi connectivity index (χ2v) is 4.92. The number of rotatable bonds is 1. The normalized spacial score (nSPS) is 10.6. The number of pyridine rings is 1. The summed E-state index contributed by atoms with van der Waals surface area (Å²) in [6.45, 7) is 0. The van der Waals surface area contributed by atoms with Crippen molar-refractivity contribution in [2.45, 2.75) is 0 Å². The first-order valence-electron chi connectivity index (χ1n) is 4.45. The van der Waals surface area contributed by atoms with Gasteiger partial charge in [-0.1, -0.05) is 46.4 Å². The zero-order valence-corrected chi connectivity index (χ0v) is 11.2. The molecule has 0 aliphatic rings. The first-order chi connectivity index (χ1) is 7.99. The maximum atomic E-state index is 13.7. The summed E-state index contributed by atoms with van der Waals surface area (Å²) in [5, 5.41) is 1.04. The van der Waals surface area contributed by atoms with Crippen molar-refractivity contribution in [3.63, 3.8) is 0 Å². The zero-order chi connectivity index (χ0) is 12.6. The Kier molecular flexibility index (Phi) is 3.79. The highest BCUT2D eigenvalue weighted by Gasteiger charge is 2.15. The highest BCUT2D eigenvalue weighted by Crippen LogP contribution is 2.37. The Balaban J connectivity index is 2.68. The van der Waals surface area contributed by atoms with E-state index in [9.17, 15) is 4.39 Å². The third kappa shape index (κ3) is 2.66. The van der Waals surface area contributed by atoms with E-state index in [1.165, 1.54) is 18.3 Å². The summed E-state index contributed by atoms with van der Waals surface area (Å²) in [7, 11) is 0. The largest absolute Gasteiger partial charge is 0.252 e. The number of halogens is 5. The molecule has 0 amide bonds. The smallest absolute Gasteiger partial charge is 0.151 e. The van der Waals surface area contributed by atoms with Crippen molar-refractivity contribution in [1.82, 2.24) is 4.98 Å². The average Bonchev–Trinajstić information content (AvgIpc) is 2.19. The van der Waals surface area contributed by atoms with Crippen LogP contribution in [0.2, 0.25) is 20.1 Å². The number of aromatic nitrogens is 1. The SMILES string of the molecule is Fc1cc(Cl)cnc1-c1c(Cl)cc(Cl)cc1Cl. The molecule has 0 radical (unpaired) electrons. The molecule has 6 heteroatoms. The predicted octanol–water partition coefficient (Wildman–Crippen LogP) is 5.50. The molecule has 1 aromatic heterocycles. The number of hydrogen-bond acceptors (Lipinski definition) is 1. The molecule has 2 aromatic rings. The summed E-state index contributed by atoms with van der Waals surface area (Å²) in [5.41, 5.74) is 0.341. The van der Waals surface area contributed by atoms with Gasteiger partial charge in [-0.2, -0.15) is 0 Å². The molecule has 0 saturated carbocycles. The van der Waals surface area contributed by atoms with Gasteiger partial charge in [0.1, 0.15) is 5.69 Å². The third-order valence-corrected chi connectivity index (χ3v) is 3.07. The van der Waals surface area contributed by atoms with Gasteiger partial charge in [0.25, 0.3) is 0 Å². The minimum atomic E-state index is -0.594. The fourth-order valence-corrected chi connectivity index (χ4v) is 2.51. The Labute approximate surface area is 117 Å². The molecule has 0 aliphatic carbocycles. The molecule has 0 spiro atoms. The van der Waals surface area contributed by atoms with Crippen LogP contribution in [0.3, 0.4) is 0 Å². The van der Waals surface area contributed by atoms with E-state index in [1.54, 1.807) is 0 Å². The molecule has 88 valence electrons. The molecule has 0 N–H and O–H groups in total. The molecule has 0 fully saturated rings. The minimum Gasteiger partial charge on any atom is -0.252 e. The number of hydrogen-bond donors (Lipinski definition) is 0. The van der Waals surface area contributed by atoms with E-state index in [0.717, 1.165) is 6.07 Å². The van der Waals surface area contributed by atoms with Gasteiger partial charge < -0.3 is 0 Å². The molecule has 0 bridgehead atoms. The summed E-state index contributed by atoms with van der Waals surface area (Å²) in [5.74, 6) is -0.594. The van der Waals surface area contributed by atoms with Gasteiger partial charge in [-0.15, -0.1) is 0 Å². The molecule has 1 nitrogen and oxygen atoms in total. The quantitative estimate of drug-likeness (QED) is 0.677. The Morgan fingerprint density at radius 3 is 2.00 bits per heavy atom. The Bertz CT molecular complexity index is 563. The van der Waals surface area contributed by atoms with Gasteiger partial charge in [-0.3, -0.25) is 4.98 Å². The van der Waals surface area contributed by atoms with Crippen LogP contribution in [-0.4, -0.2) is 4.98 Å². The monoisotopic (exact) mass is 309 g/mol. The van der Waals surface area contributed by atoms with Crippen molar-refractivity contribution in [2.75, 3.05) is 0 Å².